The van der Waals surface area contributed by atoms with Crippen LogP contribution in [0.4, 0.5) is 5.69 Å². The number of aromatic carboxylic acids is 1. The Labute approximate surface area is 88.6 Å². The number of rotatable bonds is 4. The first-order valence-electron chi connectivity index (χ1n) is 5.18. The number of pyridine rings is 1. The number of hydrogen-bond donors (Lipinski definition) is 1. The summed E-state index contributed by atoms with van der Waals surface area (Å²) in [7, 11) is 0. The van der Waals surface area contributed by atoms with Crippen LogP contribution in [0.1, 0.15) is 30.3 Å². The summed E-state index contributed by atoms with van der Waals surface area (Å²) in [5.41, 5.74) is 1.08. The molecular formula is C11H14N2O2. The molecule has 80 valence electrons. The molecule has 0 spiro atoms. The predicted molar refractivity (Wildman–Crippen MR) is 57.2 cm³/mol. The first kappa shape index (κ1) is 9.96. The van der Waals surface area contributed by atoms with Gasteiger partial charge in [0.05, 0.1) is 0 Å². The molecule has 1 heterocycles. The largest absolute Gasteiger partial charge is 0.477 e. The SMILES string of the molecule is CCN(c1ccnc(C(=O)O)c1)C1CC1. The van der Waals surface area contributed by atoms with Crippen molar-refractivity contribution in [2.45, 2.75) is 25.8 Å². The molecule has 4 heteroatoms. The Morgan fingerprint density at radius 2 is 2.40 bits per heavy atom. The van der Waals surface area contributed by atoms with E-state index in [0.717, 1.165) is 12.2 Å². The summed E-state index contributed by atoms with van der Waals surface area (Å²) in [4.78, 5) is 16.8. The van der Waals surface area contributed by atoms with Crippen LogP contribution in [0.15, 0.2) is 18.3 Å². The number of nitrogens with zero attached hydrogens (tertiary/aromatic N) is 2. The topological polar surface area (TPSA) is 53.4 Å². The second kappa shape index (κ2) is 3.88. The van der Waals surface area contributed by atoms with Crippen molar-refractivity contribution in [3.8, 4) is 0 Å². The van der Waals surface area contributed by atoms with Crippen LogP contribution in [-0.2, 0) is 0 Å². The van der Waals surface area contributed by atoms with Gasteiger partial charge in [0.15, 0.2) is 0 Å². The molecule has 1 N–H and O–H groups in total. The third kappa shape index (κ3) is 2.09. The van der Waals surface area contributed by atoms with E-state index in [1.807, 2.05) is 6.07 Å². The van der Waals surface area contributed by atoms with Gasteiger partial charge in [-0.15, -0.1) is 0 Å². The third-order valence-corrected chi connectivity index (χ3v) is 2.62. The monoisotopic (exact) mass is 206 g/mol. The molecule has 2 rings (SSSR count). The first-order chi connectivity index (χ1) is 7.22. The smallest absolute Gasteiger partial charge is 0.354 e. The number of hydrogen-bond acceptors (Lipinski definition) is 3. The average Bonchev–Trinajstić information content (AvgIpc) is 3.04. The minimum Gasteiger partial charge on any atom is -0.477 e. The lowest BCUT2D eigenvalue weighted by molar-refractivity contribution is 0.0690. The summed E-state index contributed by atoms with van der Waals surface area (Å²) >= 11 is 0. The van der Waals surface area contributed by atoms with Crippen LogP contribution in [0.5, 0.6) is 0 Å². The van der Waals surface area contributed by atoms with Crippen molar-refractivity contribution < 1.29 is 9.90 Å². The Morgan fingerprint density at radius 3 is 2.93 bits per heavy atom. The van der Waals surface area contributed by atoms with E-state index in [4.69, 9.17) is 5.11 Å². The molecule has 0 saturated heterocycles. The Kier molecular flexibility index (Phi) is 2.58. The number of carboxylic acid groups (broad SMARTS) is 1. The second-order valence-electron chi connectivity index (χ2n) is 3.72. The highest BCUT2D eigenvalue weighted by atomic mass is 16.4. The summed E-state index contributed by atoms with van der Waals surface area (Å²) in [5, 5.41) is 8.84. The maximum absolute atomic E-state index is 10.8. The fourth-order valence-electron chi connectivity index (χ4n) is 1.75. The zero-order valence-corrected chi connectivity index (χ0v) is 8.68. The van der Waals surface area contributed by atoms with Crippen LogP contribution in [0, 0.1) is 0 Å². The van der Waals surface area contributed by atoms with E-state index >= 15 is 0 Å². The van der Waals surface area contributed by atoms with E-state index < -0.39 is 5.97 Å². The second-order valence-corrected chi connectivity index (χ2v) is 3.72. The fraction of sp³-hybridized carbons (Fsp3) is 0.455. The van der Waals surface area contributed by atoms with Gasteiger partial charge in [0.1, 0.15) is 5.69 Å². The molecule has 0 amide bonds. The molecule has 1 saturated carbocycles. The van der Waals surface area contributed by atoms with Gasteiger partial charge in [0.2, 0.25) is 0 Å². The quantitative estimate of drug-likeness (QED) is 0.815. The molecule has 1 aromatic rings. The number of aromatic nitrogens is 1. The van der Waals surface area contributed by atoms with Crippen molar-refractivity contribution in [2.75, 3.05) is 11.4 Å². The number of carbonyl (C=O) groups is 1. The van der Waals surface area contributed by atoms with Crippen LogP contribution in [-0.4, -0.2) is 28.6 Å². The van der Waals surface area contributed by atoms with Crippen LogP contribution in [0.3, 0.4) is 0 Å². The van der Waals surface area contributed by atoms with Crippen molar-refractivity contribution in [3.05, 3.63) is 24.0 Å². The van der Waals surface area contributed by atoms with Crippen LogP contribution >= 0.6 is 0 Å². The maximum Gasteiger partial charge on any atom is 0.354 e. The molecular weight excluding hydrogens is 192 g/mol. The summed E-state index contributed by atoms with van der Waals surface area (Å²) in [5.74, 6) is -0.969. The lowest BCUT2D eigenvalue weighted by Crippen LogP contribution is -2.25. The zero-order valence-electron chi connectivity index (χ0n) is 8.68. The molecule has 0 aromatic carbocycles. The molecule has 0 bridgehead atoms. The van der Waals surface area contributed by atoms with Crippen molar-refractivity contribution in [2.24, 2.45) is 0 Å². The van der Waals surface area contributed by atoms with E-state index in [-0.39, 0.29) is 5.69 Å². The molecule has 0 unspecified atom stereocenters. The van der Waals surface area contributed by atoms with Gasteiger partial charge < -0.3 is 10.0 Å². The van der Waals surface area contributed by atoms with E-state index in [1.165, 1.54) is 12.8 Å². The third-order valence-electron chi connectivity index (χ3n) is 2.62. The highest BCUT2D eigenvalue weighted by Gasteiger charge is 2.28. The summed E-state index contributed by atoms with van der Waals surface area (Å²) < 4.78 is 0. The Balaban J connectivity index is 2.26. The summed E-state index contributed by atoms with van der Waals surface area (Å²) in [6.07, 6.45) is 3.97. The minimum atomic E-state index is -0.969. The molecule has 0 radical (unpaired) electrons. The number of carboxylic acids is 1. The predicted octanol–water partition coefficient (Wildman–Crippen LogP) is 1.77. The van der Waals surface area contributed by atoms with Crippen molar-refractivity contribution in [3.63, 3.8) is 0 Å². The van der Waals surface area contributed by atoms with E-state index in [2.05, 4.69) is 16.8 Å². The van der Waals surface area contributed by atoms with E-state index in [9.17, 15) is 4.79 Å². The average molecular weight is 206 g/mol. The number of anilines is 1. The Morgan fingerprint density at radius 1 is 1.67 bits per heavy atom. The van der Waals surface area contributed by atoms with Crippen molar-refractivity contribution in [1.29, 1.82) is 0 Å². The lowest BCUT2D eigenvalue weighted by atomic mass is 10.3. The van der Waals surface area contributed by atoms with Crippen molar-refractivity contribution >= 4 is 11.7 Å². The molecule has 1 aliphatic carbocycles. The molecule has 1 fully saturated rings. The molecule has 0 atom stereocenters. The fourth-order valence-corrected chi connectivity index (χ4v) is 1.75. The molecule has 1 aliphatic rings. The van der Waals surface area contributed by atoms with Gasteiger partial charge in [-0.2, -0.15) is 0 Å². The highest BCUT2D eigenvalue weighted by Crippen LogP contribution is 2.31. The maximum atomic E-state index is 10.8. The Hall–Kier alpha value is -1.58. The van der Waals surface area contributed by atoms with Gasteiger partial charge in [-0.3, -0.25) is 0 Å². The summed E-state index contributed by atoms with van der Waals surface area (Å²) in [6.45, 7) is 2.99. The first-order valence-corrected chi connectivity index (χ1v) is 5.18. The van der Waals surface area contributed by atoms with Gasteiger partial charge in [-0.1, -0.05) is 0 Å². The Bertz CT molecular complexity index is 375. The van der Waals surface area contributed by atoms with Crippen LogP contribution < -0.4 is 4.90 Å². The van der Waals surface area contributed by atoms with Gasteiger partial charge in [0.25, 0.3) is 0 Å². The lowest BCUT2D eigenvalue weighted by Gasteiger charge is -2.22. The van der Waals surface area contributed by atoms with Crippen molar-refractivity contribution in [1.82, 2.24) is 4.98 Å². The molecule has 4 nitrogen and oxygen atoms in total. The minimum absolute atomic E-state index is 0.117. The van der Waals surface area contributed by atoms with Gasteiger partial charge in [0, 0.05) is 24.5 Å². The molecule has 0 aliphatic heterocycles. The van der Waals surface area contributed by atoms with Crippen LogP contribution in [0.2, 0.25) is 0 Å². The molecule has 1 aromatic heterocycles. The van der Waals surface area contributed by atoms with E-state index in [1.54, 1.807) is 12.3 Å². The highest BCUT2D eigenvalue weighted by molar-refractivity contribution is 5.86. The normalized spacial score (nSPS) is 15.0. The molecule has 15 heavy (non-hydrogen) atoms. The summed E-state index contributed by atoms with van der Waals surface area (Å²) in [6, 6.07) is 4.11. The standard InChI is InChI=1S/C11H14N2O2/c1-2-13(8-3-4-8)9-5-6-12-10(7-9)11(14)15/h5-8H,2-4H2,1H3,(H,14,15). The van der Waals surface area contributed by atoms with Gasteiger partial charge in [-0.25, -0.2) is 9.78 Å². The zero-order chi connectivity index (χ0) is 10.8. The van der Waals surface area contributed by atoms with Gasteiger partial charge in [-0.05, 0) is 31.9 Å². The van der Waals surface area contributed by atoms with E-state index in [0.29, 0.717) is 6.04 Å². The van der Waals surface area contributed by atoms with Gasteiger partial charge >= 0.3 is 5.97 Å². The van der Waals surface area contributed by atoms with Crippen LogP contribution in [0.25, 0.3) is 0 Å².